The first kappa shape index (κ1) is 21.2. The highest BCUT2D eigenvalue weighted by Crippen LogP contribution is 2.33. The Hall–Kier alpha value is -3.62. The lowest BCUT2D eigenvalue weighted by Gasteiger charge is -2.21. The van der Waals surface area contributed by atoms with Crippen LogP contribution in [0.25, 0.3) is 17.1 Å². The van der Waals surface area contributed by atoms with Crippen LogP contribution in [0.15, 0.2) is 42.5 Å². The van der Waals surface area contributed by atoms with Gasteiger partial charge in [0.2, 0.25) is 5.91 Å². The highest BCUT2D eigenvalue weighted by Gasteiger charge is 2.37. The van der Waals surface area contributed by atoms with Crippen molar-refractivity contribution < 1.29 is 18.4 Å². The molecular formula is C24H23F2N5O2. The molecule has 0 bridgehead atoms. The molecule has 1 N–H and O–H groups in total. The lowest BCUT2D eigenvalue weighted by atomic mass is 9.92. The first-order valence-electron chi connectivity index (χ1n) is 11.0. The molecule has 0 aliphatic carbocycles. The summed E-state index contributed by atoms with van der Waals surface area (Å²) < 4.78 is 26.8. The second-order valence-electron chi connectivity index (χ2n) is 8.68. The molecule has 0 spiro atoms. The van der Waals surface area contributed by atoms with E-state index in [1.807, 2.05) is 11.0 Å². The van der Waals surface area contributed by atoms with E-state index < -0.39 is 11.6 Å². The van der Waals surface area contributed by atoms with Crippen molar-refractivity contribution in [2.24, 2.45) is 11.8 Å². The maximum Gasteiger partial charge on any atom is 0.253 e. The van der Waals surface area contributed by atoms with E-state index in [0.717, 1.165) is 30.5 Å². The molecule has 1 aromatic heterocycles. The van der Waals surface area contributed by atoms with Gasteiger partial charge < -0.3 is 9.80 Å². The molecule has 0 saturated carbocycles. The van der Waals surface area contributed by atoms with Crippen molar-refractivity contribution in [3.63, 3.8) is 0 Å². The number of hydrogen-bond acceptors (Lipinski definition) is 4. The predicted molar refractivity (Wildman–Crippen MR) is 118 cm³/mol. The molecule has 2 saturated heterocycles. The molecule has 170 valence electrons. The summed E-state index contributed by atoms with van der Waals surface area (Å²) in [4.78, 5) is 29.3. The molecule has 3 aromatic rings. The number of nitrogens with zero attached hydrogens (tertiary/aromatic N) is 4. The van der Waals surface area contributed by atoms with Crippen molar-refractivity contribution in [3.8, 4) is 0 Å². The quantitative estimate of drug-likeness (QED) is 0.620. The van der Waals surface area contributed by atoms with Crippen molar-refractivity contribution in [2.45, 2.75) is 12.8 Å². The maximum atomic E-state index is 13.8. The zero-order valence-corrected chi connectivity index (χ0v) is 17.9. The molecule has 2 aliphatic rings. The van der Waals surface area contributed by atoms with Gasteiger partial charge in [-0.05, 0) is 61.1 Å². The van der Waals surface area contributed by atoms with E-state index in [9.17, 15) is 18.4 Å². The van der Waals surface area contributed by atoms with Gasteiger partial charge >= 0.3 is 0 Å². The highest BCUT2D eigenvalue weighted by atomic mass is 19.1. The van der Waals surface area contributed by atoms with Gasteiger partial charge in [0, 0.05) is 49.4 Å². The van der Waals surface area contributed by atoms with Crippen LogP contribution in [0.5, 0.6) is 0 Å². The van der Waals surface area contributed by atoms with Gasteiger partial charge in [0.1, 0.15) is 17.2 Å². The predicted octanol–water partition coefficient (Wildman–Crippen LogP) is 3.26. The summed E-state index contributed by atoms with van der Waals surface area (Å²) in [7, 11) is 0. The molecule has 0 radical (unpaired) electrons. The summed E-state index contributed by atoms with van der Waals surface area (Å²) in [5, 5.41) is 10.5. The summed E-state index contributed by atoms with van der Waals surface area (Å²) >= 11 is 0. The molecule has 2 atom stereocenters. The van der Waals surface area contributed by atoms with Crippen molar-refractivity contribution >= 4 is 28.9 Å². The standard InChI is InChI=1S/C24H23F2N5O2/c25-19-4-1-15(20(26)12-19)3-6-23(32)30-9-7-17-13-31(14-18(17)8-10-30)24(33)16-2-5-21-22(11-16)28-29-27-21/h1-6,11-12,17-18H,7-10,13-14H2,(H,27,28,29)/b6-3+. The van der Waals surface area contributed by atoms with Gasteiger partial charge in [-0.3, -0.25) is 14.7 Å². The van der Waals surface area contributed by atoms with E-state index >= 15 is 0 Å². The Labute approximate surface area is 189 Å². The largest absolute Gasteiger partial charge is 0.339 e. The average Bonchev–Trinajstić information content (AvgIpc) is 3.39. The number of amides is 2. The molecule has 2 unspecified atom stereocenters. The van der Waals surface area contributed by atoms with E-state index in [1.165, 1.54) is 18.2 Å². The van der Waals surface area contributed by atoms with E-state index in [0.29, 0.717) is 49.1 Å². The lowest BCUT2D eigenvalue weighted by molar-refractivity contribution is -0.126. The van der Waals surface area contributed by atoms with Crippen molar-refractivity contribution in [1.82, 2.24) is 25.2 Å². The third-order valence-corrected chi connectivity index (χ3v) is 6.66. The smallest absolute Gasteiger partial charge is 0.253 e. The molecule has 2 amide bonds. The van der Waals surface area contributed by atoms with Gasteiger partial charge in [-0.25, -0.2) is 8.78 Å². The number of fused-ring (bicyclic) bond motifs is 2. The molecular weight excluding hydrogens is 428 g/mol. The van der Waals surface area contributed by atoms with E-state index in [-0.39, 0.29) is 17.4 Å². The number of benzene rings is 2. The number of halogens is 2. The molecule has 5 rings (SSSR count). The van der Waals surface area contributed by atoms with Crippen LogP contribution in [0.4, 0.5) is 8.78 Å². The molecule has 2 aromatic carbocycles. The van der Waals surface area contributed by atoms with Gasteiger partial charge in [0.15, 0.2) is 0 Å². The molecule has 2 aliphatic heterocycles. The number of rotatable bonds is 3. The second-order valence-corrected chi connectivity index (χ2v) is 8.68. The van der Waals surface area contributed by atoms with Gasteiger partial charge in [0.05, 0.1) is 5.52 Å². The Morgan fingerprint density at radius 1 is 1.00 bits per heavy atom. The van der Waals surface area contributed by atoms with Crippen molar-refractivity contribution in [3.05, 3.63) is 65.2 Å². The fourth-order valence-corrected chi connectivity index (χ4v) is 4.79. The van der Waals surface area contributed by atoms with Crippen LogP contribution in [0.2, 0.25) is 0 Å². The fraction of sp³-hybridized carbons (Fsp3) is 0.333. The summed E-state index contributed by atoms with van der Waals surface area (Å²) in [6.07, 6.45) is 4.34. The van der Waals surface area contributed by atoms with E-state index in [1.54, 1.807) is 17.0 Å². The average molecular weight is 451 g/mol. The summed E-state index contributed by atoms with van der Waals surface area (Å²) in [6, 6.07) is 8.63. The number of hydrogen-bond donors (Lipinski definition) is 1. The SMILES string of the molecule is O=C(/C=C/c1ccc(F)cc1F)N1CCC2CN(C(=O)c3ccc4[nH]nnc4c3)CC2CC1. The van der Waals surface area contributed by atoms with E-state index in [2.05, 4.69) is 15.4 Å². The van der Waals surface area contributed by atoms with Crippen LogP contribution in [0.1, 0.15) is 28.8 Å². The van der Waals surface area contributed by atoms with Gasteiger partial charge in [0.25, 0.3) is 5.91 Å². The number of aromatic amines is 1. The van der Waals surface area contributed by atoms with Gasteiger partial charge in [-0.1, -0.05) is 5.21 Å². The Morgan fingerprint density at radius 2 is 1.76 bits per heavy atom. The Bertz CT molecular complexity index is 1220. The van der Waals surface area contributed by atoms with Crippen molar-refractivity contribution in [2.75, 3.05) is 26.2 Å². The monoisotopic (exact) mass is 451 g/mol. The Balaban J connectivity index is 1.19. The summed E-state index contributed by atoms with van der Waals surface area (Å²) in [5.74, 6) is -0.877. The molecule has 2 fully saturated rings. The van der Waals surface area contributed by atoms with E-state index in [4.69, 9.17) is 0 Å². The third-order valence-electron chi connectivity index (χ3n) is 6.66. The van der Waals surface area contributed by atoms with Gasteiger partial charge in [-0.15, -0.1) is 5.10 Å². The second kappa shape index (κ2) is 8.73. The maximum absolute atomic E-state index is 13.8. The molecule has 9 heteroatoms. The topological polar surface area (TPSA) is 82.2 Å². The number of aromatic nitrogens is 3. The van der Waals surface area contributed by atoms with Crippen LogP contribution >= 0.6 is 0 Å². The van der Waals surface area contributed by atoms with Crippen LogP contribution in [0.3, 0.4) is 0 Å². The number of carbonyl (C=O) groups excluding carboxylic acids is 2. The molecule has 33 heavy (non-hydrogen) atoms. The zero-order chi connectivity index (χ0) is 22.9. The summed E-state index contributed by atoms with van der Waals surface area (Å²) in [5.41, 5.74) is 2.23. The minimum absolute atomic E-state index is 0.00911. The minimum Gasteiger partial charge on any atom is -0.339 e. The van der Waals surface area contributed by atoms with Crippen LogP contribution in [-0.4, -0.2) is 63.2 Å². The summed E-state index contributed by atoms with van der Waals surface area (Å²) in [6.45, 7) is 2.50. The first-order valence-corrected chi connectivity index (χ1v) is 11.0. The number of likely N-dealkylation sites (tertiary alicyclic amines) is 2. The Morgan fingerprint density at radius 3 is 2.48 bits per heavy atom. The van der Waals surface area contributed by atoms with Gasteiger partial charge in [-0.2, -0.15) is 0 Å². The zero-order valence-electron chi connectivity index (χ0n) is 17.9. The molecule has 3 heterocycles. The minimum atomic E-state index is -0.697. The van der Waals surface area contributed by atoms with Crippen molar-refractivity contribution in [1.29, 1.82) is 0 Å². The normalized spacial score (nSPS) is 20.9. The number of nitrogens with one attached hydrogen (secondary N) is 1. The highest BCUT2D eigenvalue weighted by molar-refractivity contribution is 5.97. The number of carbonyl (C=O) groups is 2. The number of H-pyrrole nitrogens is 1. The van der Waals surface area contributed by atoms with Crippen LogP contribution < -0.4 is 0 Å². The third kappa shape index (κ3) is 4.35. The lowest BCUT2D eigenvalue weighted by Crippen LogP contribution is -2.33. The Kier molecular flexibility index (Phi) is 5.62. The first-order chi connectivity index (χ1) is 16.0. The fourth-order valence-electron chi connectivity index (χ4n) is 4.79. The van der Waals surface area contributed by atoms with Crippen LogP contribution in [0, 0.1) is 23.5 Å². The molecule has 7 nitrogen and oxygen atoms in total. The van der Waals surface area contributed by atoms with Crippen LogP contribution in [-0.2, 0) is 4.79 Å².